The number of hydrogen-bond donors (Lipinski definition) is 1. The molecule has 0 saturated carbocycles. The van der Waals surface area contributed by atoms with E-state index in [4.69, 9.17) is 14.6 Å². The van der Waals surface area contributed by atoms with Gasteiger partial charge in [0.2, 0.25) is 0 Å². The van der Waals surface area contributed by atoms with E-state index in [1.807, 2.05) is 6.92 Å². The zero-order valence-corrected chi connectivity index (χ0v) is 12.0. The lowest BCUT2D eigenvalue weighted by molar-refractivity contribution is -0.148. The fourth-order valence-corrected chi connectivity index (χ4v) is 1.57. The Bertz CT molecular complexity index is 500. The van der Waals surface area contributed by atoms with E-state index in [0.717, 1.165) is 16.2 Å². The Morgan fingerprint density at radius 2 is 2.05 bits per heavy atom. The van der Waals surface area contributed by atoms with Crippen LogP contribution in [0, 0.1) is 6.92 Å². The third-order valence-electron chi connectivity index (χ3n) is 3.06. The number of aryl methyl sites for hydroxylation is 1. The van der Waals surface area contributed by atoms with Crippen molar-refractivity contribution in [3.8, 4) is 11.5 Å². The first-order valence-corrected chi connectivity index (χ1v) is 6.12. The predicted molar refractivity (Wildman–Crippen MR) is 73.1 cm³/mol. The summed E-state index contributed by atoms with van der Waals surface area (Å²) in [7, 11) is 3.01. The molecule has 6 nitrogen and oxygen atoms in total. The highest BCUT2D eigenvalue weighted by Crippen LogP contribution is 2.22. The Kier molecular flexibility index (Phi) is 5.37. The molecule has 0 heterocycles. The minimum Gasteiger partial charge on any atom is -0.496 e. The van der Waals surface area contributed by atoms with Gasteiger partial charge in [-0.25, -0.2) is 4.79 Å². The smallest absolute Gasteiger partial charge is 0.326 e. The van der Waals surface area contributed by atoms with E-state index in [-0.39, 0.29) is 6.61 Å². The van der Waals surface area contributed by atoms with Gasteiger partial charge in [0.25, 0.3) is 5.91 Å². The molecule has 1 rings (SSSR count). The van der Waals surface area contributed by atoms with E-state index in [1.165, 1.54) is 14.0 Å². The van der Waals surface area contributed by atoms with Crippen molar-refractivity contribution in [1.29, 1.82) is 0 Å². The standard InChI is InChI=1S/C14H19NO5/c1-9-7-11(5-6-12(9)19-4)20-8-13(16)15(3)10(2)14(17)18/h5-7,10H,8H2,1-4H3,(H,17,18). The van der Waals surface area contributed by atoms with Crippen molar-refractivity contribution < 1.29 is 24.2 Å². The average molecular weight is 281 g/mol. The fourth-order valence-electron chi connectivity index (χ4n) is 1.57. The third-order valence-corrected chi connectivity index (χ3v) is 3.06. The van der Waals surface area contributed by atoms with Crippen LogP contribution in [-0.2, 0) is 9.59 Å². The maximum absolute atomic E-state index is 11.8. The maximum Gasteiger partial charge on any atom is 0.326 e. The summed E-state index contributed by atoms with van der Waals surface area (Å²) >= 11 is 0. The molecule has 1 aromatic carbocycles. The molecule has 1 amide bonds. The summed E-state index contributed by atoms with van der Waals surface area (Å²) in [5.41, 5.74) is 0.893. The minimum absolute atomic E-state index is 0.208. The van der Waals surface area contributed by atoms with E-state index in [2.05, 4.69) is 0 Å². The normalized spacial score (nSPS) is 11.6. The van der Waals surface area contributed by atoms with E-state index >= 15 is 0 Å². The van der Waals surface area contributed by atoms with Gasteiger partial charge in [0.1, 0.15) is 17.5 Å². The zero-order valence-electron chi connectivity index (χ0n) is 12.0. The van der Waals surface area contributed by atoms with E-state index in [0.29, 0.717) is 5.75 Å². The number of carbonyl (C=O) groups is 2. The van der Waals surface area contributed by atoms with Gasteiger partial charge in [-0.15, -0.1) is 0 Å². The van der Waals surface area contributed by atoms with Gasteiger partial charge in [0, 0.05) is 7.05 Å². The molecule has 0 fully saturated rings. The molecular weight excluding hydrogens is 262 g/mol. The summed E-state index contributed by atoms with van der Waals surface area (Å²) in [6.45, 7) is 3.10. The monoisotopic (exact) mass is 281 g/mol. The Morgan fingerprint density at radius 1 is 1.40 bits per heavy atom. The molecule has 0 radical (unpaired) electrons. The number of methoxy groups -OCH3 is 1. The van der Waals surface area contributed by atoms with Gasteiger partial charge in [0.15, 0.2) is 6.61 Å². The molecule has 0 saturated heterocycles. The Balaban J connectivity index is 2.61. The molecule has 1 aromatic rings. The molecule has 1 atom stereocenters. The molecule has 0 bridgehead atoms. The van der Waals surface area contributed by atoms with Gasteiger partial charge in [-0.1, -0.05) is 0 Å². The first-order valence-electron chi connectivity index (χ1n) is 6.12. The molecular formula is C14H19NO5. The molecule has 0 aliphatic carbocycles. The number of aliphatic carboxylic acids is 1. The van der Waals surface area contributed by atoms with Gasteiger partial charge in [-0.2, -0.15) is 0 Å². The second-order valence-corrected chi connectivity index (χ2v) is 4.44. The molecule has 20 heavy (non-hydrogen) atoms. The molecule has 6 heteroatoms. The lowest BCUT2D eigenvalue weighted by Gasteiger charge is -2.21. The SMILES string of the molecule is COc1ccc(OCC(=O)N(C)C(C)C(=O)O)cc1C. The second kappa shape index (κ2) is 6.79. The fraction of sp³-hybridized carbons (Fsp3) is 0.429. The van der Waals surface area contributed by atoms with Gasteiger partial charge in [0.05, 0.1) is 7.11 Å². The van der Waals surface area contributed by atoms with Crippen LogP contribution in [0.5, 0.6) is 11.5 Å². The number of ether oxygens (including phenoxy) is 2. The van der Waals surface area contributed by atoms with E-state index in [1.54, 1.807) is 25.3 Å². The predicted octanol–water partition coefficient (Wildman–Crippen LogP) is 1.31. The Hall–Kier alpha value is -2.24. The summed E-state index contributed by atoms with van der Waals surface area (Å²) < 4.78 is 10.5. The van der Waals surface area contributed by atoms with Gasteiger partial charge >= 0.3 is 5.97 Å². The number of rotatable bonds is 6. The second-order valence-electron chi connectivity index (χ2n) is 4.44. The number of carboxylic acid groups (broad SMARTS) is 1. The summed E-state index contributed by atoms with van der Waals surface area (Å²) in [5, 5.41) is 8.83. The van der Waals surface area contributed by atoms with Crippen LogP contribution in [0.4, 0.5) is 0 Å². The highest BCUT2D eigenvalue weighted by molar-refractivity contribution is 5.84. The third kappa shape index (κ3) is 3.88. The quantitative estimate of drug-likeness (QED) is 0.851. The van der Waals surface area contributed by atoms with Crippen LogP contribution in [0.2, 0.25) is 0 Å². The summed E-state index contributed by atoms with van der Waals surface area (Å²) in [4.78, 5) is 23.7. The van der Waals surface area contributed by atoms with Crippen molar-refractivity contribution >= 4 is 11.9 Å². The molecule has 0 aliphatic heterocycles. The zero-order chi connectivity index (χ0) is 15.3. The van der Waals surface area contributed by atoms with Crippen molar-refractivity contribution in [1.82, 2.24) is 4.90 Å². The number of carboxylic acids is 1. The molecule has 1 unspecified atom stereocenters. The van der Waals surface area contributed by atoms with Crippen LogP contribution >= 0.6 is 0 Å². The van der Waals surface area contributed by atoms with E-state index in [9.17, 15) is 9.59 Å². The Morgan fingerprint density at radius 3 is 2.55 bits per heavy atom. The van der Waals surface area contributed by atoms with Crippen molar-refractivity contribution in [2.24, 2.45) is 0 Å². The number of amides is 1. The highest BCUT2D eigenvalue weighted by Gasteiger charge is 2.21. The first kappa shape index (κ1) is 15.8. The molecule has 1 N–H and O–H groups in total. The van der Waals surface area contributed by atoms with Crippen LogP contribution in [0.1, 0.15) is 12.5 Å². The van der Waals surface area contributed by atoms with E-state index < -0.39 is 17.9 Å². The molecule has 0 spiro atoms. The summed E-state index contributed by atoms with van der Waals surface area (Å²) in [5.74, 6) is -0.178. The maximum atomic E-state index is 11.8. The van der Waals surface area contributed by atoms with Crippen molar-refractivity contribution in [2.45, 2.75) is 19.9 Å². The molecule has 110 valence electrons. The lowest BCUT2D eigenvalue weighted by Crippen LogP contribution is -2.42. The van der Waals surface area contributed by atoms with Gasteiger partial charge < -0.3 is 19.5 Å². The first-order chi connectivity index (χ1) is 9.36. The van der Waals surface area contributed by atoms with Crippen LogP contribution in [0.15, 0.2) is 18.2 Å². The highest BCUT2D eigenvalue weighted by atomic mass is 16.5. The largest absolute Gasteiger partial charge is 0.496 e. The average Bonchev–Trinajstić information content (AvgIpc) is 2.43. The molecule has 0 aliphatic rings. The van der Waals surface area contributed by atoms with Crippen molar-refractivity contribution in [3.05, 3.63) is 23.8 Å². The number of carbonyl (C=O) groups excluding carboxylic acids is 1. The van der Waals surface area contributed by atoms with Gasteiger partial charge in [-0.05, 0) is 37.6 Å². The topological polar surface area (TPSA) is 76.1 Å². The van der Waals surface area contributed by atoms with Crippen molar-refractivity contribution in [3.63, 3.8) is 0 Å². The number of benzene rings is 1. The number of nitrogens with zero attached hydrogens (tertiary/aromatic N) is 1. The van der Waals surface area contributed by atoms with Crippen LogP contribution < -0.4 is 9.47 Å². The molecule has 0 aromatic heterocycles. The van der Waals surface area contributed by atoms with Crippen LogP contribution in [0.3, 0.4) is 0 Å². The number of hydrogen-bond acceptors (Lipinski definition) is 4. The van der Waals surface area contributed by atoms with Crippen LogP contribution in [0.25, 0.3) is 0 Å². The minimum atomic E-state index is -1.05. The van der Waals surface area contributed by atoms with Crippen molar-refractivity contribution in [2.75, 3.05) is 20.8 Å². The summed E-state index contributed by atoms with van der Waals surface area (Å²) in [6.07, 6.45) is 0. The van der Waals surface area contributed by atoms with Crippen LogP contribution in [-0.4, -0.2) is 48.7 Å². The summed E-state index contributed by atoms with van der Waals surface area (Å²) in [6, 6.07) is 4.31. The lowest BCUT2D eigenvalue weighted by atomic mass is 10.2. The number of likely N-dealkylation sites (N-methyl/N-ethyl adjacent to an activating group) is 1. The Labute approximate surface area is 117 Å². The van der Waals surface area contributed by atoms with Gasteiger partial charge in [-0.3, -0.25) is 4.79 Å².